The first-order valence-corrected chi connectivity index (χ1v) is 8.55. The van der Waals surface area contributed by atoms with Gasteiger partial charge in [-0.1, -0.05) is 92.6 Å². The average molecular weight is 311 g/mol. The molecule has 1 atom stereocenters. The minimum Gasteiger partial charge on any atom is -0.0876 e. The van der Waals surface area contributed by atoms with E-state index in [4.69, 9.17) is 0 Å². The third kappa shape index (κ3) is 5.56. The van der Waals surface area contributed by atoms with Gasteiger partial charge < -0.3 is 0 Å². The van der Waals surface area contributed by atoms with Gasteiger partial charge in [0.15, 0.2) is 0 Å². The number of rotatable bonds is 9. The van der Waals surface area contributed by atoms with Crippen LogP contribution in [0.3, 0.4) is 0 Å². The molecule has 0 aliphatic carbocycles. The largest absolute Gasteiger partial charge is 0.0876 e. The highest BCUT2D eigenvalue weighted by Crippen LogP contribution is 2.26. The molecule has 0 nitrogen and oxygen atoms in total. The fourth-order valence-electron chi connectivity index (χ4n) is 2.52. The summed E-state index contributed by atoms with van der Waals surface area (Å²) < 4.78 is 0. The molecular weight excluding hydrogens is 284 g/mol. The molecule has 0 heterocycles. The number of hydrogen-bond acceptors (Lipinski definition) is 0. The molecule has 0 bridgehead atoms. The SMILES string of the molecule is CCCCCCCCC(C)c1ccccc1CBr. The van der Waals surface area contributed by atoms with Crippen LogP contribution < -0.4 is 0 Å². The van der Waals surface area contributed by atoms with Crippen molar-refractivity contribution >= 4 is 15.9 Å². The van der Waals surface area contributed by atoms with Crippen LogP contribution in [0.1, 0.15) is 75.8 Å². The van der Waals surface area contributed by atoms with Crippen LogP contribution in [-0.2, 0) is 5.33 Å². The van der Waals surface area contributed by atoms with Gasteiger partial charge in [0.25, 0.3) is 0 Å². The number of unbranched alkanes of at least 4 members (excludes halogenated alkanes) is 5. The van der Waals surface area contributed by atoms with Crippen molar-refractivity contribution in [3.05, 3.63) is 35.4 Å². The highest BCUT2D eigenvalue weighted by Gasteiger charge is 2.08. The zero-order valence-corrected chi connectivity index (χ0v) is 13.5. The van der Waals surface area contributed by atoms with E-state index >= 15 is 0 Å². The van der Waals surface area contributed by atoms with Gasteiger partial charge in [-0.25, -0.2) is 0 Å². The van der Waals surface area contributed by atoms with E-state index in [-0.39, 0.29) is 0 Å². The van der Waals surface area contributed by atoms with Gasteiger partial charge >= 0.3 is 0 Å². The second kappa shape index (κ2) is 9.61. The predicted octanol–water partition coefficient (Wildman–Crippen LogP) is 6.44. The molecule has 0 aromatic heterocycles. The summed E-state index contributed by atoms with van der Waals surface area (Å²) in [4.78, 5) is 0. The summed E-state index contributed by atoms with van der Waals surface area (Å²) in [6.07, 6.45) is 9.69. The lowest BCUT2D eigenvalue weighted by Crippen LogP contribution is -1.98. The van der Waals surface area contributed by atoms with Crippen molar-refractivity contribution in [2.24, 2.45) is 0 Å². The minimum atomic E-state index is 0.699. The molecule has 0 N–H and O–H groups in total. The molecule has 0 amide bonds. The molecule has 0 aliphatic heterocycles. The summed E-state index contributed by atoms with van der Waals surface area (Å²) >= 11 is 3.59. The average Bonchev–Trinajstić information content (AvgIpc) is 2.42. The van der Waals surface area contributed by atoms with Gasteiger partial charge in [-0.2, -0.15) is 0 Å². The van der Waals surface area contributed by atoms with Crippen LogP contribution in [0.15, 0.2) is 24.3 Å². The summed E-state index contributed by atoms with van der Waals surface area (Å²) in [5, 5.41) is 0.976. The standard InChI is InChI=1S/C17H27Br/c1-3-4-5-6-7-8-11-15(2)17-13-10-9-12-16(17)14-18/h9-10,12-13,15H,3-8,11,14H2,1-2H3. The lowest BCUT2D eigenvalue weighted by atomic mass is 9.91. The smallest absolute Gasteiger partial charge is 0.0285 e. The molecule has 0 spiro atoms. The van der Waals surface area contributed by atoms with Gasteiger partial charge in [0.2, 0.25) is 0 Å². The number of alkyl halides is 1. The van der Waals surface area contributed by atoms with E-state index in [1.54, 1.807) is 0 Å². The van der Waals surface area contributed by atoms with E-state index in [9.17, 15) is 0 Å². The van der Waals surface area contributed by atoms with Crippen LogP contribution in [0.5, 0.6) is 0 Å². The molecule has 0 saturated carbocycles. The Kier molecular flexibility index (Phi) is 8.41. The maximum Gasteiger partial charge on any atom is 0.0285 e. The molecule has 1 rings (SSSR count). The zero-order chi connectivity index (χ0) is 13.2. The molecule has 18 heavy (non-hydrogen) atoms. The fourth-order valence-corrected chi connectivity index (χ4v) is 3.03. The van der Waals surface area contributed by atoms with Crippen LogP contribution in [0.2, 0.25) is 0 Å². The van der Waals surface area contributed by atoms with Crippen molar-refractivity contribution < 1.29 is 0 Å². The van der Waals surface area contributed by atoms with Crippen molar-refractivity contribution in [1.82, 2.24) is 0 Å². The summed E-state index contributed by atoms with van der Waals surface area (Å²) in [7, 11) is 0. The van der Waals surface area contributed by atoms with Gasteiger partial charge in [0, 0.05) is 5.33 Å². The van der Waals surface area contributed by atoms with E-state index in [2.05, 4.69) is 54.0 Å². The molecule has 1 heteroatoms. The summed E-state index contributed by atoms with van der Waals surface area (Å²) in [5.74, 6) is 0.699. The van der Waals surface area contributed by atoms with E-state index in [1.807, 2.05) is 0 Å². The fraction of sp³-hybridized carbons (Fsp3) is 0.647. The Morgan fingerprint density at radius 2 is 1.67 bits per heavy atom. The normalized spacial score (nSPS) is 12.6. The molecule has 0 saturated heterocycles. The monoisotopic (exact) mass is 310 g/mol. The summed E-state index contributed by atoms with van der Waals surface area (Å²) in [5.41, 5.74) is 2.99. The maximum absolute atomic E-state index is 3.59. The van der Waals surface area contributed by atoms with Crippen molar-refractivity contribution in [1.29, 1.82) is 0 Å². The molecule has 0 fully saturated rings. The minimum absolute atomic E-state index is 0.699. The molecule has 102 valence electrons. The Bertz CT molecular complexity index is 319. The van der Waals surface area contributed by atoms with Crippen molar-refractivity contribution in [2.45, 2.75) is 70.0 Å². The van der Waals surface area contributed by atoms with Gasteiger partial charge in [-0.3, -0.25) is 0 Å². The van der Waals surface area contributed by atoms with Gasteiger partial charge in [0.1, 0.15) is 0 Å². The third-order valence-electron chi connectivity index (χ3n) is 3.72. The van der Waals surface area contributed by atoms with Crippen LogP contribution in [0, 0.1) is 0 Å². The van der Waals surface area contributed by atoms with Crippen LogP contribution in [0.25, 0.3) is 0 Å². The van der Waals surface area contributed by atoms with Crippen molar-refractivity contribution in [3.8, 4) is 0 Å². The molecule has 1 unspecified atom stereocenters. The second-order valence-electron chi connectivity index (χ2n) is 5.29. The lowest BCUT2D eigenvalue weighted by Gasteiger charge is -2.15. The molecule has 0 radical (unpaired) electrons. The van der Waals surface area contributed by atoms with Gasteiger partial charge in [-0.05, 0) is 23.5 Å². The summed E-state index contributed by atoms with van der Waals surface area (Å²) in [6, 6.07) is 8.83. The Labute approximate surface area is 121 Å². The van der Waals surface area contributed by atoms with Gasteiger partial charge in [0.05, 0.1) is 0 Å². The molecule has 0 aliphatic rings. The Morgan fingerprint density at radius 3 is 2.39 bits per heavy atom. The Balaban J connectivity index is 2.29. The first-order valence-electron chi connectivity index (χ1n) is 7.43. The first kappa shape index (κ1) is 15.8. The van der Waals surface area contributed by atoms with Crippen LogP contribution >= 0.6 is 15.9 Å². The van der Waals surface area contributed by atoms with Crippen molar-refractivity contribution in [2.75, 3.05) is 0 Å². The number of halogens is 1. The Morgan fingerprint density at radius 1 is 1.00 bits per heavy atom. The van der Waals surface area contributed by atoms with Gasteiger partial charge in [-0.15, -0.1) is 0 Å². The van der Waals surface area contributed by atoms with E-state index < -0.39 is 0 Å². The van der Waals surface area contributed by atoms with Crippen LogP contribution in [-0.4, -0.2) is 0 Å². The highest BCUT2D eigenvalue weighted by molar-refractivity contribution is 9.08. The van der Waals surface area contributed by atoms with Crippen molar-refractivity contribution in [3.63, 3.8) is 0 Å². The van der Waals surface area contributed by atoms with E-state index in [0.29, 0.717) is 5.92 Å². The summed E-state index contributed by atoms with van der Waals surface area (Å²) in [6.45, 7) is 4.65. The topological polar surface area (TPSA) is 0 Å². The lowest BCUT2D eigenvalue weighted by molar-refractivity contribution is 0.556. The molecular formula is C17H27Br. The maximum atomic E-state index is 3.59. The highest BCUT2D eigenvalue weighted by atomic mass is 79.9. The number of hydrogen-bond donors (Lipinski definition) is 0. The third-order valence-corrected chi connectivity index (χ3v) is 4.32. The quantitative estimate of drug-likeness (QED) is 0.364. The molecule has 1 aromatic carbocycles. The second-order valence-corrected chi connectivity index (χ2v) is 5.85. The van der Waals surface area contributed by atoms with Crippen LogP contribution in [0.4, 0.5) is 0 Å². The number of benzene rings is 1. The van der Waals surface area contributed by atoms with E-state index in [1.165, 1.54) is 56.1 Å². The zero-order valence-electron chi connectivity index (χ0n) is 11.9. The Hall–Kier alpha value is -0.300. The predicted molar refractivity (Wildman–Crippen MR) is 85.5 cm³/mol. The molecule has 1 aromatic rings. The van der Waals surface area contributed by atoms with E-state index in [0.717, 1.165) is 5.33 Å². The first-order chi connectivity index (χ1) is 8.79.